The number of aromatic nitrogens is 1. The Morgan fingerprint density at radius 2 is 1.62 bits per heavy atom. The Hall–Kier alpha value is -2.81. The predicted molar refractivity (Wildman–Crippen MR) is 121 cm³/mol. The van der Waals surface area contributed by atoms with Gasteiger partial charge in [-0.1, -0.05) is 6.42 Å². The third-order valence-corrected chi connectivity index (χ3v) is 6.49. The molecule has 0 aliphatic carbocycles. The van der Waals surface area contributed by atoms with E-state index in [2.05, 4.69) is 9.88 Å². The molecule has 0 N–H and O–H groups in total. The maximum atomic E-state index is 12.6. The van der Waals surface area contributed by atoms with Crippen LogP contribution in [0.5, 0.6) is 17.4 Å². The summed E-state index contributed by atoms with van der Waals surface area (Å²) in [5.74, 6) is 1.45. The highest BCUT2D eigenvalue weighted by Crippen LogP contribution is 2.30. The third kappa shape index (κ3) is 6.85. The maximum absolute atomic E-state index is 12.6. The number of hydrogen-bond donors (Lipinski definition) is 0. The number of hydrogen-bond acceptors (Lipinski definition) is 5. The van der Waals surface area contributed by atoms with Crippen LogP contribution < -0.4 is 9.47 Å². The van der Waals surface area contributed by atoms with Crippen molar-refractivity contribution < 1.29 is 27.4 Å². The van der Waals surface area contributed by atoms with Gasteiger partial charge in [-0.25, -0.2) is 9.78 Å². The first-order chi connectivity index (χ1) is 16.4. The van der Waals surface area contributed by atoms with Crippen molar-refractivity contribution in [3.05, 3.63) is 48.2 Å². The number of alkyl halides is 3. The summed E-state index contributed by atoms with van der Waals surface area (Å²) in [5.41, 5.74) is -0.840. The number of likely N-dealkylation sites (tertiary alicyclic amines) is 2. The highest BCUT2D eigenvalue weighted by Gasteiger charge is 2.30. The Labute approximate surface area is 197 Å². The second-order valence-corrected chi connectivity index (χ2v) is 8.95. The minimum Gasteiger partial charge on any atom is -0.439 e. The Morgan fingerprint density at radius 1 is 0.941 bits per heavy atom. The fourth-order valence-electron chi connectivity index (χ4n) is 4.42. The van der Waals surface area contributed by atoms with Crippen molar-refractivity contribution in [2.75, 3.05) is 32.7 Å². The number of carbonyl (C=O) groups excluding carboxylic acids is 1. The molecule has 1 aromatic carbocycles. The zero-order chi connectivity index (χ0) is 24.0. The lowest BCUT2D eigenvalue weighted by Crippen LogP contribution is -2.41. The van der Waals surface area contributed by atoms with Gasteiger partial charge < -0.3 is 19.3 Å². The van der Waals surface area contributed by atoms with Crippen LogP contribution in [-0.4, -0.2) is 53.6 Å². The fourth-order valence-corrected chi connectivity index (χ4v) is 4.42. The van der Waals surface area contributed by atoms with Crippen LogP contribution in [0.3, 0.4) is 0 Å². The number of benzene rings is 1. The lowest BCUT2D eigenvalue weighted by atomic mass is 9.93. The molecular formula is C25H30F3N3O3. The highest BCUT2D eigenvalue weighted by molar-refractivity contribution is 5.70. The standard InChI is InChI=1S/C25H30F3N3O3/c26-25(27,28)20-4-9-23(29-18-20)33-21-5-7-22(8-6-21)34-24(32)31-16-11-19(12-17-31)10-15-30-13-2-1-3-14-30/h4-9,18-19H,1-3,10-17H2. The van der Waals surface area contributed by atoms with Gasteiger partial charge in [-0.05, 0) is 88.0 Å². The molecule has 2 aliphatic heterocycles. The summed E-state index contributed by atoms with van der Waals surface area (Å²) in [7, 11) is 0. The largest absolute Gasteiger partial charge is 0.439 e. The van der Waals surface area contributed by atoms with Gasteiger partial charge in [-0.3, -0.25) is 0 Å². The third-order valence-electron chi connectivity index (χ3n) is 6.49. The lowest BCUT2D eigenvalue weighted by Gasteiger charge is -2.33. The topological polar surface area (TPSA) is 54.9 Å². The molecule has 2 saturated heterocycles. The van der Waals surface area contributed by atoms with E-state index in [0.29, 0.717) is 30.5 Å². The number of amides is 1. The van der Waals surface area contributed by atoms with Gasteiger partial charge in [0.15, 0.2) is 0 Å². The van der Waals surface area contributed by atoms with Crippen LogP contribution in [-0.2, 0) is 6.18 Å². The second-order valence-electron chi connectivity index (χ2n) is 8.95. The zero-order valence-electron chi connectivity index (χ0n) is 19.1. The van der Waals surface area contributed by atoms with Crippen molar-refractivity contribution in [2.45, 2.75) is 44.7 Å². The van der Waals surface area contributed by atoms with E-state index in [0.717, 1.165) is 37.7 Å². The van der Waals surface area contributed by atoms with E-state index in [1.165, 1.54) is 38.8 Å². The van der Waals surface area contributed by atoms with E-state index < -0.39 is 11.7 Å². The summed E-state index contributed by atoms with van der Waals surface area (Å²) in [6.07, 6.45) is 3.06. The monoisotopic (exact) mass is 477 g/mol. The molecular weight excluding hydrogens is 447 g/mol. The van der Waals surface area contributed by atoms with E-state index >= 15 is 0 Å². The molecule has 1 amide bonds. The van der Waals surface area contributed by atoms with Gasteiger partial charge in [0.2, 0.25) is 5.88 Å². The van der Waals surface area contributed by atoms with Gasteiger partial charge in [0, 0.05) is 25.4 Å². The van der Waals surface area contributed by atoms with Crippen molar-refractivity contribution in [2.24, 2.45) is 5.92 Å². The molecule has 2 fully saturated rings. The van der Waals surface area contributed by atoms with Crippen LogP contribution in [0.4, 0.5) is 18.0 Å². The Morgan fingerprint density at radius 3 is 2.24 bits per heavy atom. The normalized spacial score (nSPS) is 18.0. The molecule has 4 rings (SSSR count). The van der Waals surface area contributed by atoms with Gasteiger partial charge in [0.25, 0.3) is 0 Å². The molecule has 6 nitrogen and oxygen atoms in total. The van der Waals surface area contributed by atoms with Crippen molar-refractivity contribution in [3.63, 3.8) is 0 Å². The molecule has 34 heavy (non-hydrogen) atoms. The molecule has 0 unspecified atom stereocenters. The van der Waals surface area contributed by atoms with E-state index in [-0.39, 0.29) is 12.0 Å². The summed E-state index contributed by atoms with van der Waals surface area (Å²) < 4.78 is 48.8. The first-order valence-corrected chi connectivity index (χ1v) is 11.9. The van der Waals surface area contributed by atoms with Gasteiger partial charge in [-0.2, -0.15) is 13.2 Å². The maximum Gasteiger partial charge on any atom is 0.417 e. The average Bonchev–Trinajstić information content (AvgIpc) is 2.85. The molecule has 184 valence electrons. The molecule has 9 heteroatoms. The molecule has 0 bridgehead atoms. The summed E-state index contributed by atoms with van der Waals surface area (Å²) in [4.78, 5) is 20.5. The Kier molecular flexibility index (Phi) is 7.92. The fraction of sp³-hybridized carbons (Fsp3) is 0.520. The van der Waals surface area contributed by atoms with Gasteiger partial charge in [-0.15, -0.1) is 0 Å². The average molecular weight is 478 g/mol. The molecule has 3 heterocycles. The molecule has 1 aromatic heterocycles. The van der Waals surface area contributed by atoms with Crippen LogP contribution in [0, 0.1) is 5.92 Å². The van der Waals surface area contributed by atoms with Crippen molar-refractivity contribution in [3.8, 4) is 17.4 Å². The number of nitrogens with zero attached hydrogens (tertiary/aromatic N) is 3. The summed E-state index contributed by atoms with van der Waals surface area (Å²) in [6.45, 7) is 4.99. The van der Waals surface area contributed by atoms with Crippen LogP contribution in [0.25, 0.3) is 0 Å². The van der Waals surface area contributed by atoms with E-state index in [9.17, 15) is 18.0 Å². The predicted octanol–water partition coefficient (Wildman–Crippen LogP) is 5.98. The number of pyridine rings is 1. The van der Waals surface area contributed by atoms with Crippen molar-refractivity contribution in [1.29, 1.82) is 0 Å². The van der Waals surface area contributed by atoms with Gasteiger partial charge in [0.1, 0.15) is 11.5 Å². The molecule has 0 atom stereocenters. The number of carbonyl (C=O) groups is 1. The lowest BCUT2D eigenvalue weighted by molar-refractivity contribution is -0.137. The highest BCUT2D eigenvalue weighted by atomic mass is 19.4. The van der Waals surface area contributed by atoms with E-state index in [1.54, 1.807) is 29.2 Å². The summed E-state index contributed by atoms with van der Waals surface area (Å²) in [5, 5.41) is 0. The first kappa shape index (κ1) is 24.3. The molecule has 2 aromatic rings. The number of ether oxygens (including phenoxy) is 2. The number of rotatable bonds is 6. The Bertz CT molecular complexity index is 921. The SMILES string of the molecule is O=C(Oc1ccc(Oc2ccc(C(F)(F)F)cn2)cc1)N1CCC(CCN2CCCCC2)CC1. The van der Waals surface area contributed by atoms with Crippen LogP contribution >= 0.6 is 0 Å². The molecule has 0 spiro atoms. The number of halogens is 3. The molecule has 0 radical (unpaired) electrons. The minimum absolute atomic E-state index is 0.0425. The van der Waals surface area contributed by atoms with Crippen LogP contribution in [0.1, 0.15) is 44.1 Å². The van der Waals surface area contributed by atoms with Gasteiger partial charge >= 0.3 is 12.3 Å². The zero-order valence-corrected chi connectivity index (χ0v) is 19.1. The number of piperidine rings is 2. The Balaban J connectivity index is 1.20. The first-order valence-electron chi connectivity index (χ1n) is 11.9. The van der Waals surface area contributed by atoms with Crippen LogP contribution in [0.15, 0.2) is 42.6 Å². The molecule has 0 saturated carbocycles. The second kappa shape index (κ2) is 11.1. The van der Waals surface area contributed by atoms with E-state index in [1.807, 2.05) is 0 Å². The summed E-state index contributed by atoms with van der Waals surface area (Å²) >= 11 is 0. The van der Waals surface area contributed by atoms with E-state index in [4.69, 9.17) is 9.47 Å². The quantitative estimate of drug-likeness (QED) is 0.512. The van der Waals surface area contributed by atoms with Crippen molar-refractivity contribution in [1.82, 2.24) is 14.8 Å². The smallest absolute Gasteiger partial charge is 0.417 e. The van der Waals surface area contributed by atoms with Crippen molar-refractivity contribution >= 4 is 6.09 Å². The minimum atomic E-state index is -4.45. The molecule has 2 aliphatic rings. The summed E-state index contributed by atoms with van der Waals surface area (Å²) in [6, 6.07) is 8.40. The van der Waals surface area contributed by atoms with Gasteiger partial charge in [0.05, 0.1) is 5.56 Å². The van der Waals surface area contributed by atoms with Crippen LogP contribution in [0.2, 0.25) is 0 Å².